The van der Waals surface area contributed by atoms with E-state index in [0.717, 1.165) is 10.6 Å². The summed E-state index contributed by atoms with van der Waals surface area (Å²) in [6.07, 6.45) is 1.01. The molecule has 0 saturated carbocycles. The summed E-state index contributed by atoms with van der Waals surface area (Å²) < 4.78 is 35.2. The molecule has 0 unspecified atom stereocenters. The predicted molar refractivity (Wildman–Crippen MR) is 110 cm³/mol. The molecule has 29 heavy (non-hydrogen) atoms. The molecule has 0 aliphatic heterocycles. The molecule has 0 aromatic heterocycles. The highest BCUT2D eigenvalue weighted by Crippen LogP contribution is 2.26. The third-order valence-corrected chi connectivity index (χ3v) is 5.55. The smallest absolute Gasteiger partial charge is 0.337 e. The first-order chi connectivity index (χ1) is 13.7. The second kappa shape index (κ2) is 9.73. The van der Waals surface area contributed by atoms with Crippen LogP contribution < -0.4 is 10.1 Å². The third-order valence-electron chi connectivity index (χ3n) is 3.99. The molecule has 0 bridgehead atoms. The standard InChI is InChI=1S/C19H21ClN2O6S/c1-27-17-9-8-13(19(24)28-2)10-16(17)21-18(23)12-22(29(3,25)26)11-14-6-4-5-7-15(14)20/h4-10H,11-12H2,1-3H3,(H,21,23). The number of carbonyl (C=O) groups is 2. The highest BCUT2D eigenvalue weighted by atomic mass is 35.5. The number of methoxy groups -OCH3 is 2. The maximum absolute atomic E-state index is 12.5. The van der Waals surface area contributed by atoms with Crippen molar-refractivity contribution in [2.75, 3.05) is 32.3 Å². The van der Waals surface area contributed by atoms with Crippen molar-refractivity contribution in [1.82, 2.24) is 4.31 Å². The summed E-state index contributed by atoms with van der Waals surface area (Å²) >= 11 is 6.10. The zero-order valence-corrected chi connectivity index (χ0v) is 17.7. The van der Waals surface area contributed by atoms with Gasteiger partial charge in [0.15, 0.2) is 0 Å². The van der Waals surface area contributed by atoms with E-state index in [-0.39, 0.29) is 17.8 Å². The molecule has 0 radical (unpaired) electrons. The lowest BCUT2D eigenvalue weighted by molar-refractivity contribution is -0.116. The average Bonchev–Trinajstić information content (AvgIpc) is 2.67. The topological polar surface area (TPSA) is 102 Å². The highest BCUT2D eigenvalue weighted by molar-refractivity contribution is 7.88. The number of nitrogens with one attached hydrogen (secondary N) is 1. The first-order valence-corrected chi connectivity index (χ1v) is 10.6. The first-order valence-electron chi connectivity index (χ1n) is 8.40. The van der Waals surface area contributed by atoms with Crippen molar-refractivity contribution in [2.45, 2.75) is 6.54 Å². The van der Waals surface area contributed by atoms with Crippen LogP contribution in [0.25, 0.3) is 0 Å². The molecule has 0 aliphatic carbocycles. The fraction of sp³-hybridized carbons (Fsp3) is 0.263. The quantitative estimate of drug-likeness (QED) is 0.633. The van der Waals surface area contributed by atoms with Gasteiger partial charge in [0.25, 0.3) is 0 Å². The van der Waals surface area contributed by atoms with Crippen LogP contribution in [0.1, 0.15) is 15.9 Å². The van der Waals surface area contributed by atoms with Crippen molar-refractivity contribution in [1.29, 1.82) is 0 Å². The molecule has 1 N–H and O–H groups in total. The van der Waals surface area contributed by atoms with Crippen LogP contribution >= 0.6 is 11.6 Å². The van der Waals surface area contributed by atoms with Crippen LogP contribution in [0.15, 0.2) is 42.5 Å². The van der Waals surface area contributed by atoms with Crippen LogP contribution in [0.3, 0.4) is 0 Å². The van der Waals surface area contributed by atoms with E-state index < -0.39 is 28.4 Å². The van der Waals surface area contributed by atoms with Gasteiger partial charge in [-0.1, -0.05) is 29.8 Å². The Hall–Kier alpha value is -2.62. The van der Waals surface area contributed by atoms with E-state index in [0.29, 0.717) is 16.3 Å². The minimum Gasteiger partial charge on any atom is -0.495 e. The van der Waals surface area contributed by atoms with E-state index in [1.54, 1.807) is 24.3 Å². The monoisotopic (exact) mass is 440 g/mol. The molecule has 156 valence electrons. The third kappa shape index (κ3) is 6.18. The number of ether oxygens (including phenoxy) is 2. The number of nitrogens with zero attached hydrogens (tertiary/aromatic N) is 1. The van der Waals surface area contributed by atoms with E-state index in [1.807, 2.05) is 0 Å². The van der Waals surface area contributed by atoms with Crippen molar-refractivity contribution in [3.63, 3.8) is 0 Å². The molecular formula is C19H21ClN2O6S. The molecule has 2 aromatic carbocycles. The summed E-state index contributed by atoms with van der Waals surface area (Å²) in [6, 6.07) is 11.2. The minimum atomic E-state index is -3.70. The van der Waals surface area contributed by atoms with Gasteiger partial charge in [0.2, 0.25) is 15.9 Å². The van der Waals surface area contributed by atoms with Crippen molar-refractivity contribution in [3.8, 4) is 5.75 Å². The second-order valence-electron chi connectivity index (χ2n) is 6.08. The van der Waals surface area contributed by atoms with Gasteiger partial charge in [0, 0.05) is 11.6 Å². The van der Waals surface area contributed by atoms with Gasteiger partial charge in [0.05, 0.1) is 38.3 Å². The maximum Gasteiger partial charge on any atom is 0.337 e. The summed E-state index contributed by atoms with van der Waals surface area (Å²) in [4.78, 5) is 24.3. The van der Waals surface area contributed by atoms with Crippen LogP contribution in [-0.4, -0.2) is 51.6 Å². The van der Waals surface area contributed by atoms with Crippen LogP contribution in [0.4, 0.5) is 5.69 Å². The Bertz CT molecular complexity index is 1010. The number of rotatable bonds is 8. The summed E-state index contributed by atoms with van der Waals surface area (Å²) in [5, 5.41) is 2.97. The molecule has 1 amide bonds. The number of carbonyl (C=O) groups excluding carboxylic acids is 2. The predicted octanol–water partition coefficient (Wildman–Crippen LogP) is 2.54. The molecule has 0 heterocycles. The number of benzene rings is 2. The van der Waals surface area contributed by atoms with Crippen molar-refractivity contribution in [3.05, 3.63) is 58.6 Å². The van der Waals surface area contributed by atoms with Gasteiger partial charge in [-0.2, -0.15) is 4.31 Å². The molecule has 10 heteroatoms. The van der Waals surface area contributed by atoms with Crippen LogP contribution in [0, 0.1) is 0 Å². The van der Waals surface area contributed by atoms with Crippen molar-refractivity contribution in [2.24, 2.45) is 0 Å². The van der Waals surface area contributed by atoms with Crippen LogP contribution in [0.5, 0.6) is 5.75 Å². The van der Waals surface area contributed by atoms with Gasteiger partial charge in [-0.05, 0) is 29.8 Å². The van der Waals surface area contributed by atoms with E-state index in [2.05, 4.69) is 10.1 Å². The maximum atomic E-state index is 12.5. The molecule has 2 aromatic rings. The summed E-state index contributed by atoms with van der Waals surface area (Å²) in [7, 11) is -1.05. The largest absolute Gasteiger partial charge is 0.495 e. The summed E-state index contributed by atoms with van der Waals surface area (Å²) in [6.45, 7) is -0.513. The Kier molecular flexibility index (Phi) is 7.60. The van der Waals surface area contributed by atoms with Crippen LogP contribution in [0.2, 0.25) is 5.02 Å². The number of sulfonamides is 1. The normalized spacial score (nSPS) is 11.2. The molecule has 0 aliphatic rings. The van der Waals surface area contributed by atoms with Crippen molar-refractivity contribution >= 4 is 39.2 Å². The zero-order valence-electron chi connectivity index (χ0n) is 16.1. The number of hydrogen-bond acceptors (Lipinski definition) is 6. The Balaban J connectivity index is 2.22. The van der Waals surface area contributed by atoms with Gasteiger partial charge in [0.1, 0.15) is 5.75 Å². The molecule has 8 nitrogen and oxygen atoms in total. The van der Waals surface area contributed by atoms with Crippen LogP contribution in [-0.2, 0) is 26.1 Å². The minimum absolute atomic E-state index is 0.0642. The lowest BCUT2D eigenvalue weighted by Crippen LogP contribution is -2.37. The van der Waals surface area contributed by atoms with E-state index >= 15 is 0 Å². The second-order valence-corrected chi connectivity index (χ2v) is 8.47. The number of esters is 1. The Morgan fingerprint density at radius 2 is 1.83 bits per heavy atom. The number of amides is 1. The molecule has 0 fully saturated rings. The van der Waals surface area contributed by atoms with E-state index in [4.69, 9.17) is 16.3 Å². The van der Waals surface area contributed by atoms with E-state index in [1.165, 1.54) is 32.4 Å². The Morgan fingerprint density at radius 3 is 2.41 bits per heavy atom. The van der Waals surface area contributed by atoms with Gasteiger partial charge in [-0.25, -0.2) is 13.2 Å². The lowest BCUT2D eigenvalue weighted by atomic mass is 10.2. The first kappa shape index (κ1) is 22.7. The molecule has 0 spiro atoms. The van der Waals surface area contributed by atoms with Gasteiger partial charge < -0.3 is 14.8 Å². The van der Waals surface area contributed by atoms with Crippen molar-refractivity contribution < 1.29 is 27.5 Å². The number of anilines is 1. The fourth-order valence-electron chi connectivity index (χ4n) is 2.51. The molecule has 2 rings (SSSR count). The fourth-order valence-corrected chi connectivity index (χ4v) is 3.43. The average molecular weight is 441 g/mol. The SMILES string of the molecule is COC(=O)c1ccc(OC)c(NC(=O)CN(Cc2ccccc2Cl)S(C)(=O)=O)c1. The molecular weight excluding hydrogens is 420 g/mol. The highest BCUT2D eigenvalue weighted by Gasteiger charge is 2.22. The van der Waals surface area contributed by atoms with Gasteiger partial charge in [-0.3, -0.25) is 4.79 Å². The Labute approximate surface area is 174 Å². The summed E-state index contributed by atoms with van der Waals surface area (Å²) in [5.41, 5.74) is 0.990. The Morgan fingerprint density at radius 1 is 1.14 bits per heavy atom. The van der Waals surface area contributed by atoms with Gasteiger partial charge in [-0.15, -0.1) is 0 Å². The number of halogens is 1. The molecule has 0 atom stereocenters. The zero-order chi connectivity index (χ0) is 21.6. The summed E-state index contributed by atoms with van der Waals surface area (Å²) in [5.74, 6) is -0.884. The lowest BCUT2D eigenvalue weighted by Gasteiger charge is -2.20. The molecule has 0 saturated heterocycles. The van der Waals surface area contributed by atoms with Gasteiger partial charge >= 0.3 is 5.97 Å². The number of hydrogen-bond donors (Lipinski definition) is 1. The van der Waals surface area contributed by atoms with E-state index in [9.17, 15) is 18.0 Å².